The van der Waals surface area contributed by atoms with Crippen molar-refractivity contribution < 1.29 is 17.7 Å². The van der Waals surface area contributed by atoms with E-state index >= 15 is 0 Å². The van der Waals surface area contributed by atoms with Crippen LogP contribution in [0, 0.1) is 13.8 Å². The van der Waals surface area contributed by atoms with E-state index in [-0.39, 0.29) is 16.3 Å². The van der Waals surface area contributed by atoms with Crippen LogP contribution in [0.4, 0.5) is 0 Å². The van der Waals surface area contributed by atoms with Gasteiger partial charge in [-0.25, -0.2) is 8.42 Å². The van der Waals surface area contributed by atoms with Gasteiger partial charge < -0.3 is 9.84 Å². The van der Waals surface area contributed by atoms with Crippen LogP contribution in [0.1, 0.15) is 41.5 Å². The lowest BCUT2D eigenvalue weighted by molar-refractivity contribution is 0.0894. The maximum atomic E-state index is 12.5. The van der Waals surface area contributed by atoms with Gasteiger partial charge in [0, 0.05) is 11.8 Å². The van der Waals surface area contributed by atoms with Gasteiger partial charge in [-0.2, -0.15) is 4.98 Å². The van der Waals surface area contributed by atoms with Gasteiger partial charge in [0.2, 0.25) is 0 Å². The van der Waals surface area contributed by atoms with E-state index in [0.29, 0.717) is 11.4 Å². The van der Waals surface area contributed by atoms with E-state index in [9.17, 15) is 13.2 Å². The number of nitrogens with one attached hydrogen (secondary N) is 1. The van der Waals surface area contributed by atoms with Gasteiger partial charge in [0.25, 0.3) is 11.8 Å². The van der Waals surface area contributed by atoms with Crippen LogP contribution in [0.25, 0.3) is 0 Å². The maximum Gasteiger partial charge on any atom is 0.252 e. The van der Waals surface area contributed by atoms with Crippen LogP contribution in [0.15, 0.2) is 27.6 Å². The second-order valence-electron chi connectivity index (χ2n) is 5.97. The van der Waals surface area contributed by atoms with Gasteiger partial charge >= 0.3 is 0 Å². The summed E-state index contributed by atoms with van der Waals surface area (Å²) in [5.74, 6) is 0.340. The van der Waals surface area contributed by atoms with Crippen molar-refractivity contribution in [1.82, 2.24) is 15.5 Å². The number of hydrogen-bond acceptors (Lipinski definition) is 6. The summed E-state index contributed by atoms with van der Waals surface area (Å²) in [5.41, 5.74) is 0.0796. The largest absolute Gasteiger partial charge is 0.338 e. The Balaban J connectivity index is 2.34. The zero-order chi connectivity index (χ0) is 17.4. The first-order valence-electron chi connectivity index (χ1n) is 6.95. The second kappa shape index (κ2) is 5.77. The van der Waals surface area contributed by atoms with Crippen molar-refractivity contribution in [2.75, 3.05) is 6.26 Å². The van der Waals surface area contributed by atoms with Gasteiger partial charge in [0.1, 0.15) is 5.54 Å². The minimum Gasteiger partial charge on any atom is -0.338 e. The molecule has 0 aliphatic carbocycles. The lowest BCUT2D eigenvalue weighted by atomic mass is 10.0. The number of aromatic nitrogens is 2. The standard InChI is InChI=1S/C15H19N3O4S/c1-9-6-7-11(23(5,20)21)8-12(9)13(19)17-15(3,4)14-16-10(2)18-22-14/h6-8H,1-5H3,(H,17,19). The fourth-order valence-electron chi connectivity index (χ4n) is 2.03. The zero-order valence-electron chi connectivity index (χ0n) is 13.7. The molecule has 0 aliphatic heterocycles. The molecule has 0 saturated carbocycles. The Hall–Kier alpha value is -2.22. The van der Waals surface area contributed by atoms with Crippen molar-refractivity contribution in [3.63, 3.8) is 0 Å². The predicted octanol–water partition coefficient (Wildman–Crippen LogP) is 1.76. The van der Waals surface area contributed by atoms with Crippen molar-refractivity contribution >= 4 is 15.7 Å². The molecule has 0 fully saturated rings. The van der Waals surface area contributed by atoms with Crippen LogP contribution in [-0.4, -0.2) is 30.7 Å². The molecular formula is C15H19N3O4S. The quantitative estimate of drug-likeness (QED) is 0.912. The predicted molar refractivity (Wildman–Crippen MR) is 83.8 cm³/mol. The molecule has 2 rings (SSSR count). The molecule has 8 heteroatoms. The number of nitrogens with zero attached hydrogens (tertiary/aromatic N) is 2. The van der Waals surface area contributed by atoms with Crippen LogP contribution in [0.3, 0.4) is 0 Å². The van der Waals surface area contributed by atoms with Crippen molar-refractivity contribution in [2.45, 2.75) is 38.1 Å². The zero-order valence-corrected chi connectivity index (χ0v) is 14.5. The molecule has 7 nitrogen and oxygen atoms in total. The first-order valence-corrected chi connectivity index (χ1v) is 8.84. The average molecular weight is 337 g/mol. The first-order chi connectivity index (χ1) is 10.5. The SMILES string of the molecule is Cc1noc(C(C)(C)NC(=O)c2cc(S(C)(=O)=O)ccc2C)n1. The highest BCUT2D eigenvalue weighted by molar-refractivity contribution is 7.90. The van der Waals surface area contributed by atoms with E-state index in [0.717, 1.165) is 6.26 Å². The third-order valence-corrected chi connectivity index (χ3v) is 4.48. The van der Waals surface area contributed by atoms with Crippen molar-refractivity contribution in [3.8, 4) is 0 Å². The molecule has 2 aromatic rings. The van der Waals surface area contributed by atoms with Crippen LogP contribution >= 0.6 is 0 Å². The number of hydrogen-bond donors (Lipinski definition) is 1. The maximum absolute atomic E-state index is 12.5. The number of carbonyl (C=O) groups excluding carboxylic acids is 1. The topological polar surface area (TPSA) is 102 Å². The molecule has 1 N–H and O–H groups in total. The second-order valence-corrected chi connectivity index (χ2v) is 7.99. The number of carbonyl (C=O) groups is 1. The van der Waals surface area contributed by atoms with Crippen LogP contribution in [0.5, 0.6) is 0 Å². The molecule has 0 radical (unpaired) electrons. The Morgan fingerprint density at radius 2 is 1.91 bits per heavy atom. The molecule has 0 bridgehead atoms. The van der Waals surface area contributed by atoms with Crippen molar-refractivity contribution in [2.24, 2.45) is 0 Å². The fraction of sp³-hybridized carbons (Fsp3) is 0.400. The summed E-state index contributed by atoms with van der Waals surface area (Å²) in [6.07, 6.45) is 1.10. The summed E-state index contributed by atoms with van der Waals surface area (Å²) < 4.78 is 28.4. The van der Waals surface area contributed by atoms with E-state index in [1.54, 1.807) is 33.8 Å². The van der Waals surface area contributed by atoms with E-state index in [1.165, 1.54) is 12.1 Å². The number of rotatable bonds is 4. The Morgan fingerprint density at radius 1 is 1.26 bits per heavy atom. The monoisotopic (exact) mass is 337 g/mol. The molecule has 0 aliphatic rings. The van der Waals surface area contributed by atoms with Crippen LogP contribution in [-0.2, 0) is 15.4 Å². The molecule has 23 heavy (non-hydrogen) atoms. The Kier molecular flexibility index (Phi) is 4.30. The Bertz CT molecular complexity index is 853. The summed E-state index contributed by atoms with van der Waals surface area (Å²) >= 11 is 0. The minimum absolute atomic E-state index is 0.0969. The Labute approximate surface area is 135 Å². The smallest absolute Gasteiger partial charge is 0.252 e. The highest BCUT2D eigenvalue weighted by Crippen LogP contribution is 2.21. The van der Waals surface area contributed by atoms with Crippen molar-refractivity contribution in [3.05, 3.63) is 41.0 Å². The third kappa shape index (κ3) is 3.76. The van der Waals surface area contributed by atoms with Gasteiger partial charge in [0.15, 0.2) is 15.7 Å². The molecule has 0 saturated heterocycles. The molecule has 1 heterocycles. The van der Waals surface area contributed by atoms with Crippen LogP contribution < -0.4 is 5.32 Å². The number of aryl methyl sites for hydroxylation is 2. The third-order valence-electron chi connectivity index (χ3n) is 3.37. The lowest BCUT2D eigenvalue weighted by Gasteiger charge is -2.22. The summed E-state index contributed by atoms with van der Waals surface area (Å²) in [6, 6.07) is 4.46. The molecular weight excluding hydrogens is 318 g/mol. The highest BCUT2D eigenvalue weighted by atomic mass is 32.2. The van der Waals surface area contributed by atoms with E-state index in [1.807, 2.05) is 0 Å². The average Bonchev–Trinajstić information content (AvgIpc) is 2.84. The molecule has 0 unspecified atom stereocenters. The molecule has 1 aromatic carbocycles. The van der Waals surface area contributed by atoms with E-state index < -0.39 is 21.3 Å². The molecule has 1 aromatic heterocycles. The summed E-state index contributed by atoms with van der Waals surface area (Å²) in [4.78, 5) is 16.8. The number of benzene rings is 1. The van der Waals surface area contributed by atoms with Crippen LogP contribution in [0.2, 0.25) is 0 Å². The van der Waals surface area contributed by atoms with Gasteiger partial charge in [-0.15, -0.1) is 0 Å². The number of sulfone groups is 1. The summed E-state index contributed by atoms with van der Waals surface area (Å²) in [5, 5.41) is 6.50. The van der Waals surface area contributed by atoms with Gasteiger partial charge in [0.05, 0.1) is 4.90 Å². The number of amides is 1. The summed E-state index contributed by atoms with van der Waals surface area (Å²) in [7, 11) is -3.39. The van der Waals surface area contributed by atoms with E-state index in [2.05, 4.69) is 15.5 Å². The van der Waals surface area contributed by atoms with E-state index in [4.69, 9.17) is 4.52 Å². The fourth-order valence-corrected chi connectivity index (χ4v) is 2.68. The summed E-state index contributed by atoms with van der Waals surface area (Å²) in [6.45, 7) is 6.89. The molecule has 1 amide bonds. The molecule has 124 valence electrons. The molecule has 0 atom stereocenters. The lowest BCUT2D eigenvalue weighted by Crippen LogP contribution is -2.41. The Morgan fingerprint density at radius 3 is 2.43 bits per heavy atom. The normalized spacial score (nSPS) is 12.2. The minimum atomic E-state index is -3.39. The van der Waals surface area contributed by atoms with Gasteiger partial charge in [-0.1, -0.05) is 11.2 Å². The van der Waals surface area contributed by atoms with Gasteiger partial charge in [-0.05, 0) is 45.4 Å². The van der Waals surface area contributed by atoms with Crippen molar-refractivity contribution in [1.29, 1.82) is 0 Å². The highest BCUT2D eigenvalue weighted by Gasteiger charge is 2.30. The van der Waals surface area contributed by atoms with Gasteiger partial charge in [-0.3, -0.25) is 4.79 Å². The molecule has 0 spiro atoms. The first kappa shape index (κ1) is 17.1.